The molecular formula is C21H26N2O4S. The summed E-state index contributed by atoms with van der Waals surface area (Å²) in [6.07, 6.45) is 0. The van der Waals surface area contributed by atoms with Gasteiger partial charge in [0.15, 0.2) is 9.84 Å². The Balaban J connectivity index is 1.63. The monoisotopic (exact) mass is 402 g/mol. The summed E-state index contributed by atoms with van der Waals surface area (Å²) in [6, 6.07) is 14.2. The lowest BCUT2D eigenvalue weighted by Crippen LogP contribution is -2.36. The van der Waals surface area contributed by atoms with Gasteiger partial charge in [-0.2, -0.15) is 0 Å². The largest absolute Gasteiger partial charge is 0.379 e. The highest BCUT2D eigenvalue weighted by molar-refractivity contribution is 7.91. The number of rotatable bonds is 7. The third-order valence-electron chi connectivity index (χ3n) is 4.91. The number of benzene rings is 2. The Morgan fingerprint density at radius 3 is 2.32 bits per heavy atom. The maximum Gasteiger partial charge on any atom is 0.251 e. The van der Waals surface area contributed by atoms with E-state index in [1.165, 1.54) is 17.7 Å². The van der Waals surface area contributed by atoms with Gasteiger partial charge in [0.2, 0.25) is 0 Å². The van der Waals surface area contributed by atoms with Gasteiger partial charge in [-0.1, -0.05) is 31.2 Å². The summed E-state index contributed by atoms with van der Waals surface area (Å²) in [4.78, 5) is 15.0. The molecule has 150 valence electrons. The molecular weight excluding hydrogens is 376 g/mol. The van der Waals surface area contributed by atoms with Crippen LogP contribution in [-0.2, 0) is 27.7 Å². The molecule has 1 N–H and O–H groups in total. The molecule has 1 amide bonds. The van der Waals surface area contributed by atoms with Crippen LogP contribution in [0.3, 0.4) is 0 Å². The zero-order valence-electron chi connectivity index (χ0n) is 16.1. The predicted molar refractivity (Wildman–Crippen MR) is 108 cm³/mol. The van der Waals surface area contributed by atoms with Crippen LogP contribution in [0.1, 0.15) is 28.4 Å². The van der Waals surface area contributed by atoms with Crippen LogP contribution in [0.2, 0.25) is 0 Å². The Kier molecular flexibility index (Phi) is 6.83. The van der Waals surface area contributed by atoms with E-state index in [1.54, 1.807) is 19.1 Å². The Hall–Kier alpha value is -2.22. The zero-order chi connectivity index (χ0) is 20.0. The lowest BCUT2D eigenvalue weighted by atomic mass is 10.1. The lowest BCUT2D eigenvalue weighted by molar-refractivity contribution is 0.0340. The molecule has 1 aliphatic heterocycles. The second kappa shape index (κ2) is 9.32. The number of ether oxygens (including phenoxy) is 1. The molecule has 2 aromatic rings. The fourth-order valence-corrected chi connectivity index (χ4v) is 4.03. The van der Waals surface area contributed by atoms with E-state index in [-0.39, 0.29) is 16.6 Å². The third kappa shape index (κ3) is 5.19. The first kappa shape index (κ1) is 20.5. The van der Waals surface area contributed by atoms with E-state index in [1.807, 2.05) is 18.2 Å². The average molecular weight is 403 g/mol. The minimum Gasteiger partial charge on any atom is -0.379 e. The molecule has 1 aliphatic rings. The van der Waals surface area contributed by atoms with Crippen LogP contribution in [0.15, 0.2) is 53.4 Å². The molecule has 0 aromatic heterocycles. The molecule has 0 atom stereocenters. The summed E-state index contributed by atoms with van der Waals surface area (Å²) < 4.78 is 29.2. The number of carbonyl (C=O) groups excluding carboxylic acids is 1. The fraction of sp³-hybridized carbons (Fsp3) is 0.381. The normalized spacial score (nSPS) is 15.3. The molecule has 28 heavy (non-hydrogen) atoms. The average Bonchev–Trinajstić information content (AvgIpc) is 2.74. The second-order valence-corrected chi connectivity index (χ2v) is 9.05. The summed E-state index contributed by atoms with van der Waals surface area (Å²) in [5, 5.41) is 2.93. The summed E-state index contributed by atoms with van der Waals surface area (Å²) in [7, 11) is -3.26. The van der Waals surface area contributed by atoms with Crippen molar-refractivity contribution in [3.05, 3.63) is 65.2 Å². The Morgan fingerprint density at radius 2 is 1.68 bits per heavy atom. The number of nitrogens with one attached hydrogen (secondary N) is 1. The number of hydrogen-bond acceptors (Lipinski definition) is 5. The van der Waals surface area contributed by atoms with Gasteiger partial charge in [0.25, 0.3) is 5.91 Å². The van der Waals surface area contributed by atoms with Crippen LogP contribution < -0.4 is 5.32 Å². The minimum absolute atomic E-state index is 0.0401. The van der Waals surface area contributed by atoms with Crippen LogP contribution >= 0.6 is 0 Å². The van der Waals surface area contributed by atoms with Crippen molar-refractivity contribution in [3.8, 4) is 0 Å². The molecule has 0 aliphatic carbocycles. The number of sulfone groups is 1. The summed E-state index contributed by atoms with van der Waals surface area (Å²) in [6.45, 7) is 6.18. The van der Waals surface area contributed by atoms with Gasteiger partial charge in [0.1, 0.15) is 0 Å². The number of hydrogen-bond donors (Lipinski definition) is 1. The van der Waals surface area contributed by atoms with Gasteiger partial charge in [0, 0.05) is 31.7 Å². The Morgan fingerprint density at radius 1 is 1.04 bits per heavy atom. The van der Waals surface area contributed by atoms with Gasteiger partial charge in [-0.3, -0.25) is 9.69 Å². The first-order valence-electron chi connectivity index (χ1n) is 9.47. The first-order valence-corrected chi connectivity index (χ1v) is 11.1. The molecule has 0 radical (unpaired) electrons. The molecule has 0 bridgehead atoms. The van der Waals surface area contributed by atoms with E-state index in [4.69, 9.17) is 4.74 Å². The van der Waals surface area contributed by atoms with Gasteiger partial charge in [-0.25, -0.2) is 8.42 Å². The van der Waals surface area contributed by atoms with E-state index in [2.05, 4.69) is 16.3 Å². The van der Waals surface area contributed by atoms with Crippen molar-refractivity contribution < 1.29 is 17.9 Å². The highest BCUT2D eigenvalue weighted by atomic mass is 32.2. The second-order valence-electron chi connectivity index (χ2n) is 6.77. The molecule has 6 nitrogen and oxygen atoms in total. The topological polar surface area (TPSA) is 75.7 Å². The van der Waals surface area contributed by atoms with Crippen molar-refractivity contribution in [1.82, 2.24) is 10.2 Å². The van der Waals surface area contributed by atoms with E-state index >= 15 is 0 Å². The Labute approximate surface area is 166 Å². The van der Waals surface area contributed by atoms with Gasteiger partial charge in [0.05, 0.1) is 23.9 Å². The van der Waals surface area contributed by atoms with E-state index in [0.717, 1.165) is 38.4 Å². The minimum atomic E-state index is -3.26. The van der Waals surface area contributed by atoms with Gasteiger partial charge < -0.3 is 10.1 Å². The van der Waals surface area contributed by atoms with Crippen molar-refractivity contribution >= 4 is 15.7 Å². The number of carbonyl (C=O) groups is 1. The van der Waals surface area contributed by atoms with E-state index < -0.39 is 9.84 Å². The van der Waals surface area contributed by atoms with Crippen LogP contribution in [0, 0.1) is 0 Å². The van der Waals surface area contributed by atoms with Crippen molar-refractivity contribution in [2.75, 3.05) is 32.1 Å². The molecule has 0 saturated carbocycles. The molecule has 0 spiro atoms. The molecule has 2 aromatic carbocycles. The standard InChI is InChI=1S/C21H26N2O4S/c1-2-28(25,26)20-9-7-17(8-10-20)21(24)22-15-18-5-3-4-6-19(18)16-23-11-13-27-14-12-23/h3-10H,2,11-16H2,1H3,(H,22,24). The van der Waals surface area contributed by atoms with Crippen molar-refractivity contribution in [2.24, 2.45) is 0 Å². The van der Waals surface area contributed by atoms with Crippen LogP contribution in [-0.4, -0.2) is 51.3 Å². The van der Waals surface area contributed by atoms with Crippen LogP contribution in [0.4, 0.5) is 0 Å². The van der Waals surface area contributed by atoms with Gasteiger partial charge >= 0.3 is 0 Å². The third-order valence-corrected chi connectivity index (χ3v) is 6.66. The van der Waals surface area contributed by atoms with E-state index in [9.17, 15) is 13.2 Å². The van der Waals surface area contributed by atoms with Crippen molar-refractivity contribution in [1.29, 1.82) is 0 Å². The quantitative estimate of drug-likeness (QED) is 0.769. The highest BCUT2D eigenvalue weighted by Crippen LogP contribution is 2.15. The Bertz CT molecular complexity index is 904. The summed E-state index contributed by atoms with van der Waals surface area (Å²) in [5.74, 6) is -0.181. The number of nitrogens with zero attached hydrogens (tertiary/aromatic N) is 1. The predicted octanol–water partition coefficient (Wildman–Crippen LogP) is 2.24. The number of morpholine rings is 1. The molecule has 1 fully saturated rings. The van der Waals surface area contributed by atoms with Crippen molar-refractivity contribution in [3.63, 3.8) is 0 Å². The number of amides is 1. The van der Waals surface area contributed by atoms with Crippen LogP contribution in [0.5, 0.6) is 0 Å². The smallest absolute Gasteiger partial charge is 0.251 e. The zero-order valence-corrected chi connectivity index (χ0v) is 16.9. The molecule has 0 unspecified atom stereocenters. The lowest BCUT2D eigenvalue weighted by Gasteiger charge is -2.27. The molecule has 3 rings (SSSR count). The summed E-state index contributed by atoms with van der Waals surface area (Å²) >= 11 is 0. The summed E-state index contributed by atoms with van der Waals surface area (Å²) in [5.41, 5.74) is 2.71. The fourth-order valence-electron chi connectivity index (χ4n) is 3.14. The van der Waals surface area contributed by atoms with Gasteiger partial charge in [-0.15, -0.1) is 0 Å². The maximum absolute atomic E-state index is 12.5. The van der Waals surface area contributed by atoms with Gasteiger partial charge in [-0.05, 0) is 35.4 Å². The maximum atomic E-state index is 12.5. The highest BCUT2D eigenvalue weighted by Gasteiger charge is 2.15. The molecule has 1 saturated heterocycles. The SMILES string of the molecule is CCS(=O)(=O)c1ccc(C(=O)NCc2ccccc2CN2CCOCC2)cc1. The molecule has 1 heterocycles. The van der Waals surface area contributed by atoms with Crippen molar-refractivity contribution in [2.45, 2.75) is 24.9 Å². The van der Waals surface area contributed by atoms with E-state index in [0.29, 0.717) is 12.1 Å². The van der Waals surface area contributed by atoms with Crippen LogP contribution in [0.25, 0.3) is 0 Å². The molecule has 7 heteroatoms. The first-order chi connectivity index (χ1) is 13.5.